The fourth-order valence-electron chi connectivity index (χ4n) is 1.55. The van der Waals surface area contributed by atoms with Gasteiger partial charge in [0.05, 0.1) is 5.02 Å². The highest BCUT2D eigenvalue weighted by Gasteiger charge is 2.07. The molecule has 0 radical (unpaired) electrons. The number of halogens is 2. The summed E-state index contributed by atoms with van der Waals surface area (Å²) in [6.45, 7) is 0.367. The van der Waals surface area contributed by atoms with E-state index in [0.29, 0.717) is 22.9 Å². The highest BCUT2D eigenvalue weighted by atomic mass is 79.9. The normalized spacial score (nSPS) is 11.4. The van der Waals surface area contributed by atoms with Crippen molar-refractivity contribution >= 4 is 33.4 Å². The lowest BCUT2D eigenvalue weighted by Gasteiger charge is -2.08. The molecule has 0 fully saturated rings. The number of pyridine rings is 1. The number of hydrogen-bond acceptors (Lipinski definition) is 4. The van der Waals surface area contributed by atoms with Gasteiger partial charge in [0.2, 0.25) is 0 Å². The van der Waals surface area contributed by atoms with Crippen LogP contribution < -0.4 is 10.5 Å². The fraction of sp³-hybridized carbons (Fsp3) is 0.0769. The molecule has 0 bridgehead atoms. The topological polar surface area (TPSA) is 80.7 Å². The number of rotatable bonds is 4. The molecule has 2 aromatic rings. The van der Waals surface area contributed by atoms with Crippen molar-refractivity contribution in [2.24, 2.45) is 10.9 Å². The SMILES string of the molecule is N/C(=N/O)c1ccc(OCc2cncc(Br)c2)cc1Cl. The van der Waals surface area contributed by atoms with Gasteiger partial charge in [-0.2, -0.15) is 0 Å². The molecule has 7 heteroatoms. The first-order valence-electron chi connectivity index (χ1n) is 5.60. The van der Waals surface area contributed by atoms with Gasteiger partial charge >= 0.3 is 0 Å². The number of nitrogens with zero attached hydrogens (tertiary/aromatic N) is 2. The lowest BCUT2D eigenvalue weighted by atomic mass is 10.2. The second-order valence-electron chi connectivity index (χ2n) is 3.93. The fourth-order valence-corrected chi connectivity index (χ4v) is 2.23. The van der Waals surface area contributed by atoms with Crippen LogP contribution in [0.2, 0.25) is 5.02 Å². The Morgan fingerprint density at radius 2 is 2.20 bits per heavy atom. The molecule has 0 amide bonds. The number of hydrogen-bond donors (Lipinski definition) is 2. The molecule has 1 aromatic carbocycles. The van der Waals surface area contributed by atoms with E-state index in [1.807, 2.05) is 6.07 Å². The first-order valence-corrected chi connectivity index (χ1v) is 6.77. The Morgan fingerprint density at radius 3 is 2.85 bits per heavy atom. The molecule has 0 spiro atoms. The molecule has 0 saturated heterocycles. The van der Waals surface area contributed by atoms with Crippen molar-refractivity contribution in [2.45, 2.75) is 6.61 Å². The van der Waals surface area contributed by atoms with E-state index in [4.69, 9.17) is 27.3 Å². The molecule has 3 N–H and O–H groups in total. The van der Waals surface area contributed by atoms with Crippen LogP contribution >= 0.6 is 27.5 Å². The van der Waals surface area contributed by atoms with Gasteiger partial charge in [-0.1, -0.05) is 16.8 Å². The first kappa shape index (κ1) is 14.6. The molecular formula is C13H11BrClN3O2. The molecular weight excluding hydrogens is 346 g/mol. The Balaban J connectivity index is 2.09. The Morgan fingerprint density at radius 1 is 1.40 bits per heavy atom. The maximum atomic E-state index is 8.62. The van der Waals surface area contributed by atoms with Gasteiger partial charge < -0.3 is 15.7 Å². The summed E-state index contributed by atoms with van der Waals surface area (Å²) in [4.78, 5) is 4.05. The third-order valence-corrected chi connectivity index (χ3v) is 3.24. The number of oxime groups is 1. The summed E-state index contributed by atoms with van der Waals surface area (Å²) in [5.41, 5.74) is 6.86. The highest BCUT2D eigenvalue weighted by molar-refractivity contribution is 9.10. The Hall–Kier alpha value is -1.79. The lowest BCUT2D eigenvalue weighted by molar-refractivity contribution is 0.305. The number of ether oxygens (including phenoxy) is 1. The molecule has 0 saturated carbocycles. The molecule has 104 valence electrons. The van der Waals surface area contributed by atoms with E-state index in [1.54, 1.807) is 30.6 Å². The number of aromatic nitrogens is 1. The van der Waals surface area contributed by atoms with Crippen molar-refractivity contribution in [1.82, 2.24) is 4.98 Å². The largest absolute Gasteiger partial charge is 0.489 e. The zero-order valence-corrected chi connectivity index (χ0v) is 12.6. The third kappa shape index (κ3) is 3.61. The molecule has 5 nitrogen and oxygen atoms in total. The zero-order valence-electron chi connectivity index (χ0n) is 10.3. The summed E-state index contributed by atoms with van der Waals surface area (Å²) < 4.78 is 6.50. The summed E-state index contributed by atoms with van der Waals surface area (Å²) in [5.74, 6) is 0.544. The van der Waals surface area contributed by atoms with Crippen LogP contribution in [0.1, 0.15) is 11.1 Å². The van der Waals surface area contributed by atoms with Crippen LogP contribution in [0.15, 0.2) is 46.3 Å². The standard InChI is InChI=1S/C13H11BrClN3O2/c14-9-3-8(5-17-6-9)7-20-10-1-2-11(12(15)4-10)13(16)18-19/h1-6,19H,7H2,(H2,16,18). The first-order chi connectivity index (χ1) is 9.60. The second kappa shape index (κ2) is 6.58. The molecule has 0 aliphatic rings. The third-order valence-electron chi connectivity index (χ3n) is 2.49. The van der Waals surface area contributed by atoms with Crippen molar-refractivity contribution in [3.63, 3.8) is 0 Å². The van der Waals surface area contributed by atoms with E-state index in [0.717, 1.165) is 10.0 Å². The smallest absolute Gasteiger partial charge is 0.171 e. The summed E-state index contributed by atoms with van der Waals surface area (Å²) in [6, 6.07) is 6.86. The van der Waals surface area contributed by atoms with Gasteiger partial charge in [0.1, 0.15) is 12.4 Å². The maximum Gasteiger partial charge on any atom is 0.171 e. The zero-order chi connectivity index (χ0) is 14.5. The van der Waals surface area contributed by atoms with Crippen LogP contribution in [0.3, 0.4) is 0 Å². The van der Waals surface area contributed by atoms with E-state index in [9.17, 15) is 0 Å². The highest BCUT2D eigenvalue weighted by Crippen LogP contribution is 2.23. The monoisotopic (exact) mass is 355 g/mol. The summed E-state index contributed by atoms with van der Waals surface area (Å²) in [5, 5.41) is 11.9. The van der Waals surface area contributed by atoms with Crippen LogP contribution in [-0.4, -0.2) is 16.0 Å². The van der Waals surface area contributed by atoms with Crippen LogP contribution in [0, 0.1) is 0 Å². The molecule has 2 rings (SSSR count). The average Bonchev–Trinajstić information content (AvgIpc) is 2.44. The minimum absolute atomic E-state index is 0.0438. The molecule has 0 atom stereocenters. The summed E-state index contributed by atoms with van der Waals surface area (Å²) in [6.07, 6.45) is 3.42. The molecule has 20 heavy (non-hydrogen) atoms. The van der Waals surface area contributed by atoms with Gasteiger partial charge in [0.25, 0.3) is 0 Å². The molecule has 1 aromatic heterocycles. The predicted octanol–water partition coefficient (Wildman–Crippen LogP) is 3.17. The molecule has 0 unspecified atom stereocenters. The molecule has 1 heterocycles. The van der Waals surface area contributed by atoms with Gasteiger partial charge in [0.15, 0.2) is 5.84 Å². The average molecular weight is 357 g/mol. The van der Waals surface area contributed by atoms with Crippen LogP contribution in [0.4, 0.5) is 0 Å². The van der Waals surface area contributed by atoms with E-state index in [2.05, 4.69) is 26.1 Å². The summed E-state index contributed by atoms with van der Waals surface area (Å²) >= 11 is 9.38. The van der Waals surface area contributed by atoms with Crippen LogP contribution in [0.25, 0.3) is 0 Å². The lowest BCUT2D eigenvalue weighted by Crippen LogP contribution is -2.13. The molecule has 0 aliphatic heterocycles. The predicted molar refractivity (Wildman–Crippen MR) is 80.2 cm³/mol. The Labute approximate surface area is 129 Å². The number of amidine groups is 1. The van der Waals surface area contributed by atoms with E-state index < -0.39 is 0 Å². The quantitative estimate of drug-likeness (QED) is 0.381. The van der Waals surface area contributed by atoms with Crippen molar-refractivity contribution in [3.8, 4) is 5.75 Å². The Bertz CT molecular complexity index is 649. The van der Waals surface area contributed by atoms with Crippen LogP contribution in [0.5, 0.6) is 5.75 Å². The van der Waals surface area contributed by atoms with Crippen molar-refractivity contribution in [3.05, 3.63) is 57.3 Å². The van der Waals surface area contributed by atoms with E-state index in [1.165, 1.54) is 0 Å². The minimum Gasteiger partial charge on any atom is -0.489 e. The maximum absolute atomic E-state index is 8.62. The van der Waals surface area contributed by atoms with Crippen molar-refractivity contribution in [1.29, 1.82) is 0 Å². The van der Waals surface area contributed by atoms with Gasteiger partial charge in [-0.25, -0.2) is 0 Å². The second-order valence-corrected chi connectivity index (χ2v) is 5.25. The molecule has 0 aliphatic carbocycles. The Kier molecular flexibility index (Phi) is 4.81. The van der Waals surface area contributed by atoms with Crippen molar-refractivity contribution < 1.29 is 9.94 Å². The van der Waals surface area contributed by atoms with Gasteiger partial charge in [-0.3, -0.25) is 4.98 Å². The van der Waals surface area contributed by atoms with Crippen molar-refractivity contribution in [2.75, 3.05) is 0 Å². The minimum atomic E-state index is -0.0438. The van der Waals surface area contributed by atoms with E-state index in [-0.39, 0.29) is 5.84 Å². The van der Waals surface area contributed by atoms with Gasteiger partial charge in [0, 0.05) is 28.0 Å². The number of benzene rings is 1. The van der Waals surface area contributed by atoms with Crippen LogP contribution in [-0.2, 0) is 6.61 Å². The summed E-state index contributed by atoms with van der Waals surface area (Å²) in [7, 11) is 0. The van der Waals surface area contributed by atoms with Gasteiger partial charge in [-0.15, -0.1) is 0 Å². The van der Waals surface area contributed by atoms with E-state index >= 15 is 0 Å². The number of nitrogens with two attached hydrogens (primary N) is 1. The van der Waals surface area contributed by atoms with Gasteiger partial charge in [-0.05, 0) is 40.2 Å².